The van der Waals surface area contributed by atoms with Crippen LogP contribution in [0, 0.1) is 23.2 Å². The van der Waals surface area contributed by atoms with Crippen molar-refractivity contribution in [1.82, 2.24) is 4.90 Å². The Hall–Kier alpha value is -0.550. The van der Waals surface area contributed by atoms with E-state index < -0.39 is 0 Å². The molecule has 1 aliphatic rings. The summed E-state index contributed by atoms with van der Waals surface area (Å²) < 4.78 is 0. The van der Waals surface area contributed by atoms with E-state index in [0.29, 0.717) is 6.04 Å². The van der Waals surface area contributed by atoms with E-state index >= 15 is 0 Å². The topological polar surface area (TPSA) is 27.0 Å². The van der Waals surface area contributed by atoms with Crippen molar-refractivity contribution >= 4 is 0 Å². The van der Waals surface area contributed by atoms with Crippen LogP contribution in [0.15, 0.2) is 0 Å². The van der Waals surface area contributed by atoms with E-state index in [2.05, 4.69) is 31.7 Å². The maximum Gasteiger partial charge on any atom is 0.0672 e. The van der Waals surface area contributed by atoms with Gasteiger partial charge in [-0.05, 0) is 25.3 Å². The van der Waals surface area contributed by atoms with E-state index in [9.17, 15) is 5.26 Å². The first-order valence-corrected chi connectivity index (χ1v) is 7.90. The molecule has 0 amide bonds. The van der Waals surface area contributed by atoms with Crippen LogP contribution < -0.4 is 0 Å². The SMILES string of the molecule is CCC(CC)CN(CC)C1CCCCCC1C#N. The van der Waals surface area contributed by atoms with Gasteiger partial charge >= 0.3 is 0 Å². The van der Waals surface area contributed by atoms with Gasteiger partial charge in [-0.25, -0.2) is 0 Å². The fourth-order valence-corrected chi connectivity index (χ4v) is 3.25. The zero-order valence-corrected chi connectivity index (χ0v) is 12.5. The van der Waals surface area contributed by atoms with Crippen LogP contribution in [-0.2, 0) is 0 Å². The Bertz CT molecular complexity index is 252. The predicted octanol–water partition coefficient (Wildman–Crippen LogP) is 4.22. The quantitative estimate of drug-likeness (QED) is 0.660. The molecule has 0 saturated heterocycles. The molecule has 18 heavy (non-hydrogen) atoms. The molecular weight excluding hydrogens is 220 g/mol. The molecule has 1 saturated carbocycles. The monoisotopic (exact) mass is 250 g/mol. The first kappa shape index (κ1) is 15.5. The Morgan fingerprint density at radius 3 is 2.33 bits per heavy atom. The molecule has 0 bridgehead atoms. The Morgan fingerprint density at radius 2 is 1.78 bits per heavy atom. The average molecular weight is 250 g/mol. The minimum absolute atomic E-state index is 0.266. The molecule has 0 aromatic heterocycles. The van der Waals surface area contributed by atoms with Crippen LogP contribution >= 0.6 is 0 Å². The highest BCUT2D eigenvalue weighted by atomic mass is 15.2. The second kappa shape index (κ2) is 8.53. The van der Waals surface area contributed by atoms with Crippen LogP contribution in [0.25, 0.3) is 0 Å². The Balaban J connectivity index is 2.68. The van der Waals surface area contributed by atoms with Crippen molar-refractivity contribution in [2.45, 2.75) is 71.8 Å². The Morgan fingerprint density at radius 1 is 1.11 bits per heavy atom. The molecule has 2 nitrogen and oxygen atoms in total. The molecule has 104 valence electrons. The summed E-state index contributed by atoms with van der Waals surface area (Å²) in [5.74, 6) is 1.06. The normalized spacial score (nSPS) is 25.1. The highest BCUT2D eigenvalue weighted by Crippen LogP contribution is 2.28. The van der Waals surface area contributed by atoms with Crippen molar-refractivity contribution in [1.29, 1.82) is 5.26 Å². The maximum atomic E-state index is 9.40. The van der Waals surface area contributed by atoms with E-state index in [-0.39, 0.29) is 5.92 Å². The molecule has 0 heterocycles. The molecule has 1 rings (SSSR count). The Labute approximate surface area is 113 Å². The molecule has 0 aromatic rings. The lowest BCUT2D eigenvalue weighted by molar-refractivity contribution is 0.134. The number of nitrogens with zero attached hydrogens (tertiary/aromatic N) is 2. The van der Waals surface area contributed by atoms with Crippen LogP contribution in [0.3, 0.4) is 0 Å². The van der Waals surface area contributed by atoms with Crippen molar-refractivity contribution in [2.24, 2.45) is 11.8 Å². The van der Waals surface area contributed by atoms with Crippen LogP contribution in [-0.4, -0.2) is 24.0 Å². The summed E-state index contributed by atoms with van der Waals surface area (Å²) in [6.45, 7) is 9.11. The van der Waals surface area contributed by atoms with E-state index in [1.807, 2.05) is 0 Å². The van der Waals surface area contributed by atoms with Gasteiger partial charge in [0.05, 0.1) is 12.0 Å². The smallest absolute Gasteiger partial charge is 0.0672 e. The minimum Gasteiger partial charge on any atom is -0.299 e. The average Bonchev–Trinajstić information content (AvgIpc) is 2.65. The molecule has 0 spiro atoms. The molecule has 1 fully saturated rings. The summed E-state index contributed by atoms with van der Waals surface area (Å²) in [7, 11) is 0. The van der Waals surface area contributed by atoms with Gasteiger partial charge in [0.2, 0.25) is 0 Å². The van der Waals surface area contributed by atoms with Crippen molar-refractivity contribution in [3.8, 4) is 6.07 Å². The first-order valence-electron chi connectivity index (χ1n) is 7.90. The van der Waals surface area contributed by atoms with Crippen molar-refractivity contribution in [2.75, 3.05) is 13.1 Å². The number of hydrogen-bond donors (Lipinski definition) is 0. The second-order valence-electron chi connectivity index (χ2n) is 5.71. The van der Waals surface area contributed by atoms with Gasteiger partial charge in [-0.3, -0.25) is 4.90 Å². The summed E-state index contributed by atoms with van der Waals surface area (Å²) in [5, 5.41) is 9.40. The van der Waals surface area contributed by atoms with Crippen molar-refractivity contribution in [3.63, 3.8) is 0 Å². The van der Waals surface area contributed by atoms with E-state index in [1.54, 1.807) is 0 Å². The van der Waals surface area contributed by atoms with Gasteiger partial charge in [0.15, 0.2) is 0 Å². The second-order valence-corrected chi connectivity index (χ2v) is 5.71. The van der Waals surface area contributed by atoms with Gasteiger partial charge < -0.3 is 0 Å². The third kappa shape index (κ3) is 4.28. The molecule has 2 unspecified atom stereocenters. The molecule has 0 aliphatic heterocycles. The first-order chi connectivity index (χ1) is 8.76. The third-order valence-corrected chi connectivity index (χ3v) is 4.67. The summed E-state index contributed by atoms with van der Waals surface area (Å²) in [6, 6.07) is 3.09. The van der Waals surface area contributed by atoms with E-state index in [1.165, 1.54) is 45.1 Å². The van der Waals surface area contributed by atoms with Gasteiger partial charge in [-0.15, -0.1) is 0 Å². The van der Waals surface area contributed by atoms with Gasteiger partial charge in [-0.1, -0.05) is 52.9 Å². The minimum atomic E-state index is 0.266. The van der Waals surface area contributed by atoms with E-state index in [4.69, 9.17) is 0 Å². The highest BCUT2D eigenvalue weighted by Gasteiger charge is 2.28. The van der Waals surface area contributed by atoms with Crippen LogP contribution in [0.1, 0.15) is 65.7 Å². The van der Waals surface area contributed by atoms with Crippen molar-refractivity contribution < 1.29 is 0 Å². The van der Waals surface area contributed by atoms with Gasteiger partial charge in [-0.2, -0.15) is 5.26 Å². The van der Waals surface area contributed by atoms with Gasteiger partial charge in [0.1, 0.15) is 0 Å². The number of hydrogen-bond acceptors (Lipinski definition) is 2. The number of nitriles is 1. The lowest BCUT2D eigenvalue weighted by Gasteiger charge is -2.35. The molecule has 0 radical (unpaired) electrons. The molecule has 2 atom stereocenters. The summed E-state index contributed by atoms with van der Waals surface area (Å²) in [4.78, 5) is 2.59. The van der Waals surface area contributed by atoms with Gasteiger partial charge in [0.25, 0.3) is 0 Å². The fraction of sp³-hybridized carbons (Fsp3) is 0.938. The predicted molar refractivity (Wildman–Crippen MR) is 77.3 cm³/mol. The lowest BCUT2D eigenvalue weighted by atomic mass is 9.93. The van der Waals surface area contributed by atoms with E-state index in [0.717, 1.165) is 18.9 Å². The molecule has 1 aliphatic carbocycles. The van der Waals surface area contributed by atoms with Crippen LogP contribution in [0.2, 0.25) is 0 Å². The fourth-order valence-electron chi connectivity index (χ4n) is 3.25. The maximum absolute atomic E-state index is 9.40. The summed E-state index contributed by atoms with van der Waals surface area (Å²) >= 11 is 0. The lowest BCUT2D eigenvalue weighted by Crippen LogP contribution is -2.42. The number of rotatable bonds is 6. The Kier molecular flexibility index (Phi) is 7.35. The standard InChI is InChI=1S/C16H30N2/c1-4-14(5-2)13-18(6-3)16-11-9-7-8-10-15(16)12-17/h14-16H,4-11,13H2,1-3H3. The van der Waals surface area contributed by atoms with Crippen LogP contribution in [0.5, 0.6) is 0 Å². The zero-order valence-electron chi connectivity index (χ0n) is 12.5. The third-order valence-electron chi connectivity index (χ3n) is 4.67. The highest BCUT2D eigenvalue weighted by molar-refractivity contribution is 4.94. The van der Waals surface area contributed by atoms with Crippen molar-refractivity contribution in [3.05, 3.63) is 0 Å². The molecule has 0 aromatic carbocycles. The molecule has 2 heteroatoms. The molecular formula is C16H30N2. The summed E-state index contributed by atoms with van der Waals surface area (Å²) in [5.41, 5.74) is 0. The summed E-state index contributed by atoms with van der Waals surface area (Å²) in [6.07, 6.45) is 8.73. The van der Waals surface area contributed by atoms with Crippen LogP contribution in [0.4, 0.5) is 0 Å². The zero-order chi connectivity index (χ0) is 13.4. The van der Waals surface area contributed by atoms with Gasteiger partial charge in [0, 0.05) is 12.6 Å². The largest absolute Gasteiger partial charge is 0.299 e. The molecule has 0 N–H and O–H groups in total.